The van der Waals surface area contributed by atoms with Crippen molar-refractivity contribution in [3.63, 3.8) is 0 Å². The summed E-state index contributed by atoms with van der Waals surface area (Å²) in [4.78, 5) is 16.8. The molecule has 2 aromatic carbocycles. The first kappa shape index (κ1) is 18.1. The lowest BCUT2D eigenvalue weighted by Crippen LogP contribution is -2.53. The molecule has 0 aromatic heterocycles. The van der Waals surface area contributed by atoms with Crippen LogP contribution in [0.3, 0.4) is 0 Å². The van der Waals surface area contributed by atoms with Gasteiger partial charge in [-0.25, -0.2) is 8.78 Å². The van der Waals surface area contributed by atoms with E-state index >= 15 is 0 Å². The molecular formula is C22H24F2N2O. The summed E-state index contributed by atoms with van der Waals surface area (Å²) < 4.78 is 27.4. The Bertz CT molecular complexity index is 816. The van der Waals surface area contributed by atoms with E-state index in [4.69, 9.17) is 0 Å². The fourth-order valence-corrected chi connectivity index (χ4v) is 4.52. The molecule has 0 bridgehead atoms. The molecular weight excluding hydrogens is 346 g/mol. The van der Waals surface area contributed by atoms with Gasteiger partial charge in [-0.3, -0.25) is 9.69 Å². The third kappa shape index (κ3) is 3.48. The number of carbonyl (C=O) groups is 1. The van der Waals surface area contributed by atoms with Gasteiger partial charge in [0, 0.05) is 32.6 Å². The van der Waals surface area contributed by atoms with Gasteiger partial charge in [0.15, 0.2) is 11.6 Å². The maximum absolute atomic E-state index is 14.0. The van der Waals surface area contributed by atoms with Crippen molar-refractivity contribution in [1.82, 2.24) is 9.80 Å². The van der Waals surface area contributed by atoms with Gasteiger partial charge in [-0.1, -0.05) is 36.4 Å². The topological polar surface area (TPSA) is 23.6 Å². The van der Waals surface area contributed by atoms with Crippen molar-refractivity contribution in [2.45, 2.75) is 37.8 Å². The van der Waals surface area contributed by atoms with E-state index < -0.39 is 17.2 Å². The molecule has 0 radical (unpaired) electrons. The average Bonchev–Trinajstić information content (AvgIpc) is 3.12. The quantitative estimate of drug-likeness (QED) is 0.810. The van der Waals surface area contributed by atoms with Gasteiger partial charge in [0.2, 0.25) is 5.91 Å². The number of hydrogen-bond donors (Lipinski definition) is 0. The van der Waals surface area contributed by atoms with Crippen LogP contribution in [0.2, 0.25) is 0 Å². The summed E-state index contributed by atoms with van der Waals surface area (Å²) in [7, 11) is 0. The number of nitrogens with zero attached hydrogens (tertiary/aromatic N) is 2. The highest BCUT2D eigenvalue weighted by Gasteiger charge is 2.45. The molecule has 0 unspecified atom stereocenters. The number of halogens is 2. The molecule has 2 aliphatic heterocycles. The molecule has 2 saturated heterocycles. The van der Waals surface area contributed by atoms with Crippen molar-refractivity contribution in [2.24, 2.45) is 0 Å². The second kappa shape index (κ2) is 7.39. The van der Waals surface area contributed by atoms with Crippen molar-refractivity contribution in [3.8, 4) is 0 Å². The minimum absolute atomic E-state index is 0.122. The number of benzene rings is 2. The van der Waals surface area contributed by atoms with Crippen LogP contribution in [0.5, 0.6) is 0 Å². The van der Waals surface area contributed by atoms with Crippen LogP contribution in [0, 0.1) is 11.6 Å². The molecule has 3 nitrogen and oxygen atoms in total. The van der Waals surface area contributed by atoms with Crippen LogP contribution in [0.25, 0.3) is 0 Å². The van der Waals surface area contributed by atoms with Gasteiger partial charge in [-0.2, -0.15) is 0 Å². The van der Waals surface area contributed by atoms with E-state index in [0.29, 0.717) is 13.0 Å². The lowest BCUT2D eigenvalue weighted by molar-refractivity contribution is -0.136. The summed E-state index contributed by atoms with van der Waals surface area (Å²) >= 11 is 0. The molecule has 2 aliphatic rings. The number of amides is 1. The lowest BCUT2D eigenvalue weighted by atomic mass is 9.79. The summed E-state index contributed by atoms with van der Waals surface area (Å²) in [5.74, 6) is -1.57. The minimum atomic E-state index is -0.844. The number of likely N-dealkylation sites (tertiary alicyclic amines) is 2. The van der Waals surface area contributed by atoms with E-state index in [-0.39, 0.29) is 5.91 Å². The Morgan fingerprint density at radius 1 is 0.926 bits per heavy atom. The average molecular weight is 370 g/mol. The van der Waals surface area contributed by atoms with Crippen molar-refractivity contribution in [3.05, 3.63) is 71.3 Å². The van der Waals surface area contributed by atoms with Crippen molar-refractivity contribution >= 4 is 5.91 Å². The second-order valence-electron chi connectivity index (χ2n) is 7.57. The van der Waals surface area contributed by atoms with E-state index in [9.17, 15) is 13.6 Å². The Kier molecular flexibility index (Phi) is 4.96. The molecule has 142 valence electrons. The van der Waals surface area contributed by atoms with Gasteiger partial charge in [0.25, 0.3) is 0 Å². The van der Waals surface area contributed by atoms with E-state index in [0.717, 1.165) is 44.5 Å². The number of hydrogen-bond acceptors (Lipinski definition) is 2. The second-order valence-corrected chi connectivity index (χ2v) is 7.57. The first-order chi connectivity index (χ1) is 13.1. The van der Waals surface area contributed by atoms with Crippen LogP contribution in [-0.2, 0) is 16.9 Å². The Balaban J connectivity index is 1.59. The molecule has 2 fully saturated rings. The zero-order valence-corrected chi connectivity index (χ0v) is 15.3. The molecule has 0 aliphatic carbocycles. The van der Waals surface area contributed by atoms with Crippen molar-refractivity contribution < 1.29 is 13.6 Å². The first-order valence-corrected chi connectivity index (χ1v) is 9.61. The van der Waals surface area contributed by atoms with Crippen LogP contribution in [-0.4, -0.2) is 35.3 Å². The highest BCUT2D eigenvalue weighted by Crippen LogP contribution is 2.42. The monoisotopic (exact) mass is 370 g/mol. The zero-order chi connectivity index (χ0) is 18.9. The van der Waals surface area contributed by atoms with Gasteiger partial charge in [-0.05, 0) is 42.5 Å². The summed E-state index contributed by atoms with van der Waals surface area (Å²) in [5.41, 5.74) is 1.45. The van der Waals surface area contributed by atoms with Gasteiger partial charge in [0.05, 0.1) is 5.54 Å². The molecule has 0 spiro atoms. The molecule has 4 rings (SSSR count). The molecule has 0 atom stereocenters. The fraction of sp³-hybridized carbons (Fsp3) is 0.409. The van der Waals surface area contributed by atoms with E-state index in [1.807, 2.05) is 23.1 Å². The smallest absolute Gasteiger partial charge is 0.223 e. The molecule has 2 aromatic rings. The van der Waals surface area contributed by atoms with Gasteiger partial charge < -0.3 is 4.90 Å². The minimum Gasteiger partial charge on any atom is -0.333 e. The summed E-state index contributed by atoms with van der Waals surface area (Å²) in [6.07, 6.45) is 2.84. The van der Waals surface area contributed by atoms with Crippen molar-refractivity contribution in [1.29, 1.82) is 0 Å². The predicted molar refractivity (Wildman–Crippen MR) is 99.9 cm³/mol. The SMILES string of the molecule is O=C1CCCN1C1(c2ccc(F)c(F)c2)CCN(Cc2ccccc2)CC1. The van der Waals surface area contributed by atoms with E-state index in [2.05, 4.69) is 17.0 Å². The number of piperidine rings is 1. The standard InChI is InChI=1S/C22H24F2N2O/c23-19-9-8-18(15-20(19)24)22(26-12-4-7-21(26)27)10-13-25(14-11-22)16-17-5-2-1-3-6-17/h1-3,5-6,8-9,15H,4,7,10-14,16H2. The van der Waals surface area contributed by atoms with Crippen LogP contribution in [0.4, 0.5) is 8.78 Å². The Labute approximate surface area is 158 Å². The predicted octanol–water partition coefficient (Wildman–Crippen LogP) is 4.08. The van der Waals surface area contributed by atoms with E-state index in [1.54, 1.807) is 6.07 Å². The molecule has 0 N–H and O–H groups in total. The third-order valence-electron chi connectivity index (χ3n) is 5.98. The number of rotatable bonds is 4. The summed E-state index contributed by atoms with van der Waals surface area (Å²) in [5, 5.41) is 0. The summed E-state index contributed by atoms with van der Waals surface area (Å²) in [6, 6.07) is 14.4. The normalized spacial score (nSPS) is 20.2. The maximum Gasteiger partial charge on any atom is 0.223 e. The Morgan fingerprint density at radius 2 is 1.67 bits per heavy atom. The number of carbonyl (C=O) groups excluding carboxylic acids is 1. The van der Waals surface area contributed by atoms with Gasteiger partial charge in [-0.15, -0.1) is 0 Å². The molecule has 1 amide bonds. The Morgan fingerprint density at radius 3 is 2.30 bits per heavy atom. The largest absolute Gasteiger partial charge is 0.333 e. The molecule has 0 saturated carbocycles. The summed E-state index contributed by atoms with van der Waals surface area (Å²) in [6.45, 7) is 3.19. The zero-order valence-electron chi connectivity index (χ0n) is 15.3. The van der Waals surface area contributed by atoms with Gasteiger partial charge in [0.1, 0.15) is 0 Å². The molecule has 2 heterocycles. The van der Waals surface area contributed by atoms with Crippen molar-refractivity contribution in [2.75, 3.05) is 19.6 Å². The highest BCUT2D eigenvalue weighted by molar-refractivity contribution is 5.79. The van der Waals surface area contributed by atoms with Crippen LogP contribution >= 0.6 is 0 Å². The molecule has 27 heavy (non-hydrogen) atoms. The third-order valence-corrected chi connectivity index (χ3v) is 5.98. The lowest BCUT2D eigenvalue weighted by Gasteiger charge is -2.48. The fourth-order valence-electron chi connectivity index (χ4n) is 4.52. The first-order valence-electron chi connectivity index (χ1n) is 9.61. The maximum atomic E-state index is 14.0. The molecule has 5 heteroatoms. The Hall–Kier alpha value is -2.27. The van der Waals surface area contributed by atoms with Crippen LogP contribution in [0.1, 0.15) is 36.8 Å². The van der Waals surface area contributed by atoms with E-state index in [1.165, 1.54) is 17.7 Å². The van der Waals surface area contributed by atoms with Crippen LogP contribution in [0.15, 0.2) is 48.5 Å². The highest BCUT2D eigenvalue weighted by atomic mass is 19.2. The van der Waals surface area contributed by atoms with Crippen LogP contribution < -0.4 is 0 Å². The van der Waals surface area contributed by atoms with Gasteiger partial charge >= 0.3 is 0 Å².